The van der Waals surface area contributed by atoms with Crippen LogP contribution >= 0.6 is 0 Å². The van der Waals surface area contributed by atoms with Crippen molar-refractivity contribution in [2.75, 3.05) is 12.4 Å². The number of methoxy groups -OCH3 is 1. The quantitative estimate of drug-likeness (QED) is 0.366. The molecule has 36 heavy (non-hydrogen) atoms. The Balaban J connectivity index is 1.32. The number of hydrogen-bond acceptors (Lipinski definition) is 6. The van der Waals surface area contributed by atoms with Gasteiger partial charge in [0.15, 0.2) is 11.6 Å². The smallest absolute Gasteiger partial charge is 0.254 e. The van der Waals surface area contributed by atoms with Crippen LogP contribution in [-0.2, 0) is 17.8 Å². The van der Waals surface area contributed by atoms with Crippen LogP contribution in [-0.4, -0.2) is 33.5 Å². The van der Waals surface area contributed by atoms with Crippen LogP contribution in [0.3, 0.4) is 0 Å². The lowest BCUT2D eigenvalue weighted by molar-refractivity contribution is -0.115. The van der Waals surface area contributed by atoms with E-state index in [0.29, 0.717) is 23.2 Å². The van der Waals surface area contributed by atoms with Crippen molar-refractivity contribution in [1.29, 1.82) is 0 Å². The van der Waals surface area contributed by atoms with Crippen molar-refractivity contribution in [1.82, 2.24) is 14.5 Å². The summed E-state index contributed by atoms with van der Waals surface area (Å²) in [6, 6.07) is 12.7. The van der Waals surface area contributed by atoms with Crippen molar-refractivity contribution >= 4 is 28.8 Å². The molecule has 0 saturated heterocycles. The highest BCUT2D eigenvalue weighted by molar-refractivity contribution is 5.95. The third-order valence-corrected chi connectivity index (χ3v) is 5.95. The number of fused-ring (bicyclic) bond motifs is 1. The van der Waals surface area contributed by atoms with Crippen LogP contribution in [0.1, 0.15) is 28.8 Å². The van der Waals surface area contributed by atoms with Crippen molar-refractivity contribution in [2.45, 2.75) is 25.8 Å². The number of aromatic nitrogens is 3. The van der Waals surface area contributed by atoms with Gasteiger partial charge < -0.3 is 19.8 Å². The van der Waals surface area contributed by atoms with E-state index >= 15 is 0 Å². The van der Waals surface area contributed by atoms with Gasteiger partial charge in [0.1, 0.15) is 11.3 Å². The number of pyridine rings is 1. The molecule has 0 radical (unpaired) electrons. The Labute approximate surface area is 206 Å². The number of nitrogens with one attached hydrogen (secondary N) is 1. The molecular formula is C26H24FN5O4. The van der Waals surface area contributed by atoms with E-state index in [1.165, 1.54) is 30.5 Å². The summed E-state index contributed by atoms with van der Waals surface area (Å²) in [7, 11) is 1.61. The molecular weight excluding hydrogens is 465 g/mol. The maximum atomic E-state index is 14.7. The van der Waals surface area contributed by atoms with Gasteiger partial charge in [-0.1, -0.05) is 6.07 Å². The Bertz CT molecular complexity index is 1460. The number of benzene rings is 2. The molecule has 0 atom stereocenters. The van der Waals surface area contributed by atoms with Gasteiger partial charge in [-0.25, -0.2) is 14.4 Å². The summed E-state index contributed by atoms with van der Waals surface area (Å²) < 4.78 is 27.5. The standard InChI is InChI=1S/C26H24FN5O4/c1-35-17-7-8-20-21(13-17)32(14-15-4-5-15)26(30-20)31-23(33)12-16-6-9-22(19(27)11-16)36-25-18(24(28)34)3-2-10-29-25/h2-3,6-11,13,15H,4-5,12,14H2,1H3,(H2,28,34)(H,30,31,33). The fourth-order valence-corrected chi connectivity index (χ4v) is 3.92. The number of rotatable bonds is 9. The highest BCUT2D eigenvalue weighted by atomic mass is 19.1. The average Bonchev–Trinajstić information content (AvgIpc) is 3.62. The molecule has 2 aromatic heterocycles. The van der Waals surface area contributed by atoms with Gasteiger partial charge in [0.25, 0.3) is 5.91 Å². The number of ether oxygens (including phenoxy) is 2. The highest BCUT2D eigenvalue weighted by Crippen LogP contribution is 2.34. The summed E-state index contributed by atoms with van der Waals surface area (Å²) in [5.74, 6) is -0.287. The lowest BCUT2D eigenvalue weighted by Crippen LogP contribution is -2.18. The normalized spacial score (nSPS) is 12.9. The topological polar surface area (TPSA) is 121 Å². The molecule has 4 aromatic rings. The van der Waals surface area contributed by atoms with E-state index in [1.807, 2.05) is 22.8 Å². The molecule has 1 fully saturated rings. The van der Waals surface area contributed by atoms with E-state index in [1.54, 1.807) is 13.2 Å². The number of nitrogens with two attached hydrogens (primary N) is 1. The van der Waals surface area contributed by atoms with E-state index in [0.717, 1.165) is 30.4 Å². The summed E-state index contributed by atoms with van der Waals surface area (Å²) in [6.07, 6.45) is 3.63. The maximum absolute atomic E-state index is 14.7. The molecule has 5 rings (SSSR count). The number of hydrogen-bond donors (Lipinski definition) is 2. The fraction of sp³-hybridized carbons (Fsp3) is 0.231. The first-order chi connectivity index (χ1) is 17.4. The summed E-state index contributed by atoms with van der Waals surface area (Å²) in [6.45, 7) is 0.751. The molecule has 1 aliphatic carbocycles. The van der Waals surface area contributed by atoms with Gasteiger partial charge in [0.2, 0.25) is 17.7 Å². The number of carbonyl (C=O) groups excluding carboxylic acids is 2. The largest absolute Gasteiger partial charge is 0.497 e. The molecule has 0 aliphatic heterocycles. The minimum atomic E-state index is -0.738. The number of imidazole rings is 1. The first-order valence-corrected chi connectivity index (χ1v) is 11.5. The Morgan fingerprint density at radius 2 is 2.03 bits per heavy atom. The Kier molecular flexibility index (Phi) is 6.24. The average molecular weight is 490 g/mol. The predicted molar refractivity (Wildman–Crippen MR) is 131 cm³/mol. The zero-order chi connectivity index (χ0) is 25.2. The van der Waals surface area contributed by atoms with Crippen LogP contribution in [0.15, 0.2) is 54.7 Å². The van der Waals surface area contributed by atoms with Gasteiger partial charge in [-0.2, -0.15) is 0 Å². The van der Waals surface area contributed by atoms with E-state index in [9.17, 15) is 14.0 Å². The second kappa shape index (κ2) is 9.65. The lowest BCUT2D eigenvalue weighted by Gasteiger charge is -2.11. The molecule has 9 nitrogen and oxygen atoms in total. The van der Waals surface area contributed by atoms with Crippen molar-refractivity contribution < 1.29 is 23.5 Å². The molecule has 2 heterocycles. The van der Waals surface area contributed by atoms with Crippen molar-refractivity contribution in [3.63, 3.8) is 0 Å². The number of primary amides is 1. The zero-order valence-electron chi connectivity index (χ0n) is 19.5. The third kappa shape index (κ3) is 4.97. The number of anilines is 1. The van der Waals surface area contributed by atoms with Crippen LogP contribution in [0, 0.1) is 11.7 Å². The molecule has 0 unspecified atom stereocenters. The number of carbonyl (C=O) groups is 2. The van der Waals surface area contributed by atoms with Gasteiger partial charge in [-0.3, -0.25) is 14.9 Å². The second-order valence-electron chi connectivity index (χ2n) is 8.66. The van der Waals surface area contributed by atoms with Crippen LogP contribution in [0.5, 0.6) is 17.4 Å². The first-order valence-electron chi connectivity index (χ1n) is 11.5. The molecule has 184 valence electrons. The minimum absolute atomic E-state index is 0.0343. The Morgan fingerprint density at radius 3 is 2.75 bits per heavy atom. The summed E-state index contributed by atoms with van der Waals surface area (Å²) in [5, 5.41) is 2.87. The zero-order valence-corrected chi connectivity index (χ0v) is 19.5. The van der Waals surface area contributed by atoms with E-state index in [4.69, 9.17) is 15.2 Å². The van der Waals surface area contributed by atoms with E-state index in [2.05, 4.69) is 15.3 Å². The van der Waals surface area contributed by atoms with Crippen molar-refractivity contribution in [3.8, 4) is 17.4 Å². The fourth-order valence-electron chi connectivity index (χ4n) is 3.92. The highest BCUT2D eigenvalue weighted by Gasteiger charge is 2.25. The van der Waals surface area contributed by atoms with Gasteiger partial charge >= 0.3 is 0 Å². The van der Waals surface area contributed by atoms with Gasteiger partial charge in [-0.05, 0) is 60.7 Å². The Hall–Kier alpha value is -4.47. The monoisotopic (exact) mass is 489 g/mol. The summed E-state index contributed by atoms with van der Waals surface area (Å²) in [5.41, 5.74) is 7.43. The molecule has 0 spiro atoms. The lowest BCUT2D eigenvalue weighted by atomic mass is 10.1. The van der Waals surface area contributed by atoms with Crippen LogP contribution in [0.2, 0.25) is 0 Å². The molecule has 1 saturated carbocycles. The molecule has 0 bridgehead atoms. The number of halogens is 1. The summed E-state index contributed by atoms with van der Waals surface area (Å²) in [4.78, 5) is 32.9. The van der Waals surface area contributed by atoms with Crippen molar-refractivity contribution in [3.05, 3.63) is 71.7 Å². The molecule has 3 N–H and O–H groups in total. The molecule has 10 heteroatoms. The number of amides is 2. The third-order valence-electron chi connectivity index (χ3n) is 5.95. The predicted octanol–water partition coefficient (Wildman–Crippen LogP) is 4.06. The van der Waals surface area contributed by atoms with Crippen molar-refractivity contribution in [2.24, 2.45) is 11.7 Å². The van der Waals surface area contributed by atoms with Crippen LogP contribution in [0.4, 0.5) is 10.3 Å². The van der Waals surface area contributed by atoms with E-state index in [-0.39, 0.29) is 29.5 Å². The van der Waals surface area contributed by atoms with E-state index < -0.39 is 11.7 Å². The minimum Gasteiger partial charge on any atom is -0.497 e. The molecule has 1 aliphatic rings. The summed E-state index contributed by atoms with van der Waals surface area (Å²) >= 11 is 0. The second-order valence-corrected chi connectivity index (χ2v) is 8.66. The van der Waals surface area contributed by atoms with Gasteiger partial charge in [-0.15, -0.1) is 0 Å². The maximum Gasteiger partial charge on any atom is 0.254 e. The SMILES string of the molecule is COc1ccc2nc(NC(=O)Cc3ccc(Oc4ncccc4C(N)=O)c(F)c3)n(CC3CC3)c2c1. The first kappa shape index (κ1) is 23.3. The van der Waals surface area contributed by atoms with Gasteiger partial charge in [0.05, 0.1) is 24.6 Å². The van der Waals surface area contributed by atoms with Gasteiger partial charge in [0, 0.05) is 18.8 Å². The molecule has 2 aromatic carbocycles. The molecule has 2 amide bonds. The Morgan fingerprint density at radius 1 is 1.19 bits per heavy atom. The van der Waals surface area contributed by atoms with Crippen LogP contribution in [0.25, 0.3) is 11.0 Å². The number of nitrogens with zero attached hydrogens (tertiary/aromatic N) is 3. The van der Waals surface area contributed by atoms with Crippen LogP contribution < -0.4 is 20.5 Å².